The molecule has 2 rings (SSSR count). The van der Waals surface area contributed by atoms with Gasteiger partial charge in [0, 0.05) is 19.8 Å². The second-order valence-corrected chi connectivity index (χ2v) is 4.79. The van der Waals surface area contributed by atoms with Crippen molar-refractivity contribution in [1.82, 2.24) is 5.32 Å². The zero-order chi connectivity index (χ0) is 14.8. The van der Waals surface area contributed by atoms with Crippen LogP contribution in [-0.2, 0) is 11.3 Å². The molecule has 112 valence electrons. The predicted octanol–water partition coefficient (Wildman–Crippen LogP) is 4.00. The van der Waals surface area contributed by atoms with E-state index in [9.17, 15) is 0 Å². The van der Waals surface area contributed by atoms with Gasteiger partial charge in [-0.1, -0.05) is 30.3 Å². The van der Waals surface area contributed by atoms with Gasteiger partial charge < -0.3 is 14.8 Å². The van der Waals surface area contributed by atoms with Crippen molar-refractivity contribution in [2.24, 2.45) is 0 Å². The molecule has 0 spiro atoms. The number of hydrogen-bond acceptors (Lipinski definition) is 3. The van der Waals surface area contributed by atoms with Gasteiger partial charge in [0.05, 0.1) is 0 Å². The number of nitrogens with one attached hydrogen (secondary N) is 1. The van der Waals surface area contributed by atoms with Crippen molar-refractivity contribution >= 4 is 0 Å². The summed E-state index contributed by atoms with van der Waals surface area (Å²) >= 11 is 0. The lowest BCUT2D eigenvalue weighted by Crippen LogP contribution is -2.16. The number of rotatable bonds is 9. The fourth-order valence-corrected chi connectivity index (χ4v) is 2.02. The van der Waals surface area contributed by atoms with Gasteiger partial charge in [-0.3, -0.25) is 0 Å². The van der Waals surface area contributed by atoms with Crippen LogP contribution in [0.3, 0.4) is 0 Å². The largest absolute Gasteiger partial charge is 0.457 e. The highest BCUT2D eigenvalue weighted by atomic mass is 16.5. The third kappa shape index (κ3) is 5.98. The molecule has 2 aromatic rings. The number of para-hydroxylation sites is 1. The van der Waals surface area contributed by atoms with E-state index < -0.39 is 0 Å². The minimum absolute atomic E-state index is 0.791. The third-order valence-corrected chi connectivity index (χ3v) is 3.05. The van der Waals surface area contributed by atoms with Crippen LogP contribution >= 0.6 is 0 Å². The Morgan fingerprint density at radius 1 is 0.952 bits per heavy atom. The van der Waals surface area contributed by atoms with Gasteiger partial charge in [0.1, 0.15) is 11.5 Å². The molecule has 0 saturated carbocycles. The van der Waals surface area contributed by atoms with E-state index in [-0.39, 0.29) is 0 Å². The highest BCUT2D eigenvalue weighted by Crippen LogP contribution is 2.21. The van der Waals surface area contributed by atoms with Crippen LogP contribution in [0, 0.1) is 0 Å². The molecular weight excluding hydrogens is 262 g/mol. The molecule has 0 radical (unpaired) electrons. The maximum atomic E-state index is 5.83. The van der Waals surface area contributed by atoms with Crippen LogP contribution in [0.4, 0.5) is 0 Å². The van der Waals surface area contributed by atoms with Crippen LogP contribution in [-0.4, -0.2) is 19.8 Å². The van der Waals surface area contributed by atoms with E-state index in [1.807, 2.05) is 49.4 Å². The second kappa shape index (κ2) is 9.16. The molecule has 0 saturated heterocycles. The predicted molar refractivity (Wildman–Crippen MR) is 85.8 cm³/mol. The minimum atomic E-state index is 0.791. The van der Waals surface area contributed by atoms with Crippen LogP contribution in [0.15, 0.2) is 54.6 Å². The molecule has 3 heteroatoms. The van der Waals surface area contributed by atoms with Gasteiger partial charge in [-0.05, 0) is 49.7 Å². The quantitative estimate of drug-likeness (QED) is 0.707. The van der Waals surface area contributed by atoms with Gasteiger partial charge in [0.25, 0.3) is 0 Å². The first-order valence-electron chi connectivity index (χ1n) is 7.49. The van der Waals surface area contributed by atoms with Crippen LogP contribution in [0.1, 0.15) is 18.9 Å². The molecule has 1 N–H and O–H groups in total. The van der Waals surface area contributed by atoms with E-state index in [1.165, 1.54) is 5.56 Å². The number of benzene rings is 2. The van der Waals surface area contributed by atoms with Gasteiger partial charge in [0.15, 0.2) is 0 Å². The fraction of sp³-hybridized carbons (Fsp3) is 0.333. The second-order valence-electron chi connectivity index (χ2n) is 4.79. The Kier molecular flexibility index (Phi) is 6.78. The van der Waals surface area contributed by atoms with Crippen LogP contribution in [0.5, 0.6) is 11.5 Å². The van der Waals surface area contributed by atoms with Gasteiger partial charge >= 0.3 is 0 Å². The monoisotopic (exact) mass is 285 g/mol. The standard InChI is InChI=1S/C18H23NO2/c1-2-20-13-7-12-19-15-16-8-6-11-18(14-16)21-17-9-4-3-5-10-17/h3-6,8-11,14,19H,2,7,12-13,15H2,1H3. The number of hydrogen-bond donors (Lipinski definition) is 1. The van der Waals surface area contributed by atoms with Crippen molar-refractivity contribution in [3.05, 3.63) is 60.2 Å². The van der Waals surface area contributed by atoms with Crippen molar-refractivity contribution in [3.63, 3.8) is 0 Å². The SMILES string of the molecule is CCOCCCNCc1cccc(Oc2ccccc2)c1. The molecule has 0 aliphatic carbocycles. The van der Waals surface area contributed by atoms with Crippen LogP contribution < -0.4 is 10.1 Å². The van der Waals surface area contributed by atoms with Crippen molar-refractivity contribution in [2.75, 3.05) is 19.8 Å². The lowest BCUT2D eigenvalue weighted by Gasteiger charge is -2.08. The first kappa shape index (κ1) is 15.5. The first-order valence-corrected chi connectivity index (χ1v) is 7.49. The minimum Gasteiger partial charge on any atom is -0.457 e. The Morgan fingerprint density at radius 3 is 2.57 bits per heavy atom. The van der Waals surface area contributed by atoms with Gasteiger partial charge in [0.2, 0.25) is 0 Å². The third-order valence-electron chi connectivity index (χ3n) is 3.05. The molecule has 21 heavy (non-hydrogen) atoms. The Hall–Kier alpha value is -1.84. The molecule has 0 atom stereocenters. The highest BCUT2D eigenvalue weighted by Gasteiger charge is 1.99. The summed E-state index contributed by atoms with van der Waals surface area (Å²) in [6, 6.07) is 18.0. The maximum absolute atomic E-state index is 5.83. The molecule has 0 fully saturated rings. The Balaban J connectivity index is 1.78. The average Bonchev–Trinajstić information content (AvgIpc) is 2.52. The molecular formula is C18H23NO2. The van der Waals surface area contributed by atoms with Crippen molar-refractivity contribution in [3.8, 4) is 11.5 Å². The van der Waals surface area contributed by atoms with Gasteiger partial charge in [-0.25, -0.2) is 0 Å². The Labute approximate surface area is 126 Å². The summed E-state index contributed by atoms with van der Waals surface area (Å²) in [5.74, 6) is 1.73. The summed E-state index contributed by atoms with van der Waals surface area (Å²) in [7, 11) is 0. The molecule has 0 aliphatic heterocycles. The van der Waals surface area contributed by atoms with Gasteiger partial charge in [-0.2, -0.15) is 0 Å². The average molecular weight is 285 g/mol. The molecule has 0 amide bonds. The van der Waals surface area contributed by atoms with Gasteiger partial charge in [-0.15, -0.1) is 0 Å². The highest BCUT2D eigenvalue weighted by molar-refractivity contribution is 5.33. The summed E-state index contributed by atoms with van der Waals surface area (Å²) in [4.78, 5) is 0. The molecule has 0 bridgehead atoms. The maximum Gasteiger partial charge on any atom is 0.127 e. The first-order chi connectivity index (χ1) is 10.4. The molecule has 0 aliphatic rings. The molecule has 0 heterocycles. The topological polar surface area (TPSA) is 30.5 Å². The van der Waals surface area contributed by atoms with E-state index in [0.29, 0.717) is 0 Å². The fourth-order valence-electron chi connectivity index (χ4n) is 2.02. The molecule has 3 nitrogen and oxygen atoms in total. The van der Waals surface area contributed by atoms with E-state index in [1.54, 1.807) is 0 Å². The summed E-state index contributed by atoms with van der Waals surface area (Å²) in [6.45, 7) is 5.44. The zero-order valence-electron chi connectivity index (χ0n) is 12.5. The summed E-state index contributed by atoms with van der Waals surface area (Å²) in [5, 5.41) is 3.42. The Bertz CT molecular complexity index is 514. The normalized spacial score (nSPS) is 10.5. The molecule has 0 aromatic heterocycles. The lowest BCUT2D eigenvalue weighted by atomic mass is 10.2. The van der Waals surface area contributed by atoms with E-state index in [4.69, 9.17) is 9.47 Å². The Morgan fingerprint density at radius 2 is 1.76 bits per heavy atom. The van der Waals surface area contributed by atoms with Crippen LogP contribution in [0.25, 0.3) is 0 Å². The molecule has 2 aromatic carbocycles. The summed E-state index contributed by atoms with van der Waals surface area (Å²) < 4.78 is 11.1. The van der Waals surface area contributed by atoms with E-state index in [2.05, 4.69) is 17.4 Å². The van der Waals surface area contributed by atoms with E-state index >= 15 is 0 Å². The van der Waals surface area contributed by atoms with E-state index in [0.717, 1.165) is 44.2 Å². The zero-order valence-corrected chi connectivity index (χ0v) is 12.5. The lowest BCUT2D eigenvalue weighted by molar-refractivity contribution is 0.144. The van der Waals surface area contributed by atoms with Crippen molar-refractivity contribution in [2.45, 2.75) is 19.9 Å². The van der Waals surface area contributed by atoms with Crippen molar-refractivity contribution < 1.29 is 9.47 Å². The number of ether oxygens (including phenoxy) is 2. The van der Waals surface area contributed by atoms with Crippen molar-refractivity contribution in [1.29, 1.82) is 0 Å². The summed E-state index contributed by atoms with van der Waals surface area (Å²) in [5.41, 5.74) is 1.22. The summed E-state index contributed by atoms with van der Waals surface area (Å²) in [6.07, 6.45) is 1.04. The smallest absolute Gasteiger partial charge is 0.127 e. The van der Waals surface area contributed by atoms with Crippen LogP contribution in [0.2, 0.25) is 0 Å². The molecule has 0 unspecified atom stereocenters.